The van der Waals surface area contributed by atoms with Gasteiger partial charge in [-0.3, -0.25) is 14.6 Å². The van der Waals surface area contributed by atoms with Gasteiger partial charge in [-0.15, -0.1) is 0 Å². The Bertz CT molecular complexity index is 811. The molecule has 7 nitrogen and oxygen atoms in total. The Labute approximate surface area is 155 Å². The summed E-state index contributed by atoms with van der Waals surface area (Å²) in [7, 11) is 2.78. The van der Waals surface area contributed by atoms with Gasteiger partial charge in [-0.25, -0.2) is 4.79 Å². The molecule has 0 bridgehead atoms. The van der Waals surface area contributed by atoms with Crippen LogP contribution < -0.4 is 5.32 Å². The summed E-state index contributed by atoms with van der Waals surface area (Å²) in [5.41, 5.74) is 1.38. The Kier molecular flexibility index (Phi) is 6.68. The van der Waals surface area contributed by atoms with Crippen molar-refractivity contribution < 1.29 is 19.1 Å². The summed E-state index contributed by atoms with van der Waals surface area (Å²) in [4.78, 5) is 41.2. The molecule has 136 valence electrons. The molecule has 1 N–H and O–H groups in total. The molecule has 2 aromatic rings. The lowest BCUT2D eigenvalue weighted by Crippen LogP contribution is -2.38. The highest BCUT2D eigenvalue weighted by molar-refractivity contribution is 6.41. The number of aromatic nitrogens is 1. The lowest BCUT2D eigenvalue weighted by atomic mass is 10.2. The minimum absolute atomic E-state index is 0.162. The Morgan fingerprint density at radius 3 is 2.54 bits per heavy atom. The standard InChI is InChI=1S/C18H18ClN3O4/c1-22(10-7-12-5-8-20-9-6-12)17(24)16(23)21-15-11-13(18(25)26-2)3-4-14(15)19/h3-6,8-9,11H,7,10H2,1-2H3,(H,21,23). The largest absolute Gasteiger partial charge is 0.465 e. The molecule has 0 fully saturated rings. The smallest absolute Gasteiger partial charge is 0.337 e. The topological polar surface area (TPSA) is 88.6 Å². The Morgan fingerprint density at radius 1 is 1.19 bits per heavy atom. The van der Waals surface area contributed by atoms with E-state index in [1.807, 2.05) is 12.1 Å². The first-order valence-electron chi connectivity index (χ1n) is 7.75. The Balaban J connectivity index is 2.00. The maximum absolute atomic E-state index is 12.2. The molecule has 2 amide bonds. The highest BCUT2D eigenvalue weighted by Crippen LogP contribution is 2.23. The van der Waals surface area contributed by atoms with Crippen molar-refractivity contribution in [2.45, 2.75) is 6.42 Å². The maximum Gasteiger partial charge on any atom is 0.337 e. The van der Waals surface area contributed by atoms with Gasteiger partial charge < -0.3 is 15.0 Å². The highest BCUT2D eigenvalue weighted by atomic mass is 35.5. The Morgan fingerprint density at radius 2 is 1.88 bits per heavy atom. The van der Waals surface area contributed by atoms with Crippen LogP contribution in [-0.2, 0) is 20.7 Å². The van der Waals surface area contributed by atoms with Crippen LogP contribution in [0.2, 0.25) is 5.02 Å². The number of nitrogens with one attached hydrogen (secondary N) is 1. The van der Waals surface area contributed by atoms with Gasteiger partial charge in [0.2, 0.25) is 0 Å². The van der Waals surface area contributed by atoms with Crippen LogP contribution in [0.5, 0.6) is 0 Å². The first kappa shape index (κ1) is 19.4. The summed E-state index contributed by atoms with van der Waals surface area (Å²) in [5, 5.41) is 2.64. The molecule has 0 saturated heterocycles. The molecule has 1 heterocycles. The third-order valence-corrected chi connectivity index (χ3v) is 3.99. The fourth-order valence-electron chi connectivity index (χ4n) is 2.16. The van der Waals surface area contributed by atoms with Crippen molar-refractivity contribution in [1.82, 2.24) is 9.88 Å². The number of rotatable bonds is 5. The SMILES string of the molecule is COC(=O)c1ccc(Cl)c(NC(=O)C(=O)N(C)CCc2ccncc2)c1. The number of hydrogen-bond acceptors (Lipinski definition) is 5. The van der Waals surface area contributed by atoms with Gasteiger partial charge in [0.15, 0.2) is 0 Å². The number of likely N-dealkylation sites (N-methyl/N-ethyl adjacent to an activating group) is 1. The van der Waals surface area contributed by atoms with Crippen LogP contribution in [0.15, 0.2) is 42.7 Å². The molecule has 0 saturated carbocycles. The van der Waals surface area contributed by atoms with E-state index in [-0.39, 0.29) is 16.3 Å². The first-order chi connectivity index (χ1) is 12.4. The van der Waals surface area contributed by atoms with Crippen LogP contribution >= 0.6 is 11.6 Å². The zero-order valence-corrected chi connectivity index (χ0v) is 15.1. The van der Waals surface area contributed by atoms with Crippen LogP contribution in [0.3, 0.4) is 0 Å². The number of carbonyl (C=O) groups is 3. The second kappa shape index (κ2) is 8.96. The van der Waals surface area contributed by atoms with Crippen molar-refractivity contribution in [3.05, 3.63) is 58.9 Å². The van der Waals surface area contributed by atoms with E-state index >= 15 is 0 Å². The van der Waals surface area contributed by atoms with Crippen LogP contribution in [0.25, 0.3) is 0 Å². The van der Waals surface area contributed by atoms with E-state index in [1.54, 1.807) is 12.4 Å². The van der Waals surface area contributed by atoms with E-state index in [0.717, 1.165) is 5.56 Å². The van der Waals surface area contributed by atoms with Crippen molar-refractivity contribution in [3.63, 3.8) is 0 Å². The van der Waals surface area contributed by atoms with Gasteiger partial charge in [0.25, 0.3) is 0 Å². The minimum atomic E-state index is -0.842. The number of anilines is 1. The quantitative estimate of drug-likeness (QED) is 0.639. The molecule has 26 heavy (non-hydrogen) atoms. The molecule has 0 radical (unpaired) electrons. The van der Waals surface area contributed by atoms with E-state index in [2.05, 4.69) is 15.0 Å². The molecule has 0 aliphatic carbocycles. The maximum atomic E-state index is 12.2. The molecule has 0 aliphatic rings. The van der Waals surface area contributed by atoms with E-state index in [0.29, 0.717) is 13.0 Å². The molecular weight excluding hydrogens is 358 g/mol. The molecule has 0 aliphatic heterocycles. The first-order valence-corrected chi connectivity index (χ1v) is 8.13. The lowest BCUT2D eigenvalue weighted by molar-refractivity contribution is -0.142. The average molecular weight is 376 g/mol. The second-order valence-electron chi connectivity index (χ2n) is 5.47. The van der Waals surface area contributed by atoms with Crippen molar-refractivity contribution in [2.24, 2.45) is 0 Å². The predicted octanol–water partition coefficient (Wildman–Crippen LogP) is 2.16. The molecule has 0 spiro atoms. The number of carbonyl (C=O) groups excluding carboxylic acids is 3. The number of halogens is 1. The van der Waals surface area contributed by atoms with Crippen LogP contribution in [0.4, 0.5) is 5.69 Å². The van der Waals surface area contributed by atoms with Crippen molar-refractivity contribution in [2.75, 3.05) is 26.0 Å². The average Bonchev–Trinajstić information content (AvgIpc) is 2.67. The van der Waals surface area contributed by atoms with Gasteiger partial charge in [0.05, 0.1) is 23.4 Å². The van der Waals surface area contributed by atoms with E-state index < -0.39 is 17.8 Å². The summed E-state index contributed by atoms with van der Waals surface area (Å²) >= 11 is 6.02. The summed E-state index contributed by atoms with van der Waals surface area (Å²) < 4.78 is 4.62. The van der Waals surface area contributed by atoms with Gasteiger partial charge in [-0.05, 0) is 42.3 Å². The van der Waals surface area contributed by atoms with E-state index in [9.17, 15) is 14.4 Å². The van der Waals surface area contributed by atoms with E-state index in [4.69, 9.17) is 11.6 Å². The summed E-state index contributed by atoms with van der Waals surface area (Å²) in [6, 6.07) is 7.96. The van der Waals surface area contributed by atoms with Crippen LogP contribution in [-0.4, -0.2) is 48.4 Å². The summed E-state index contributed by atoms with van der Waals surface area (Å²) in [5.74, 6) is -2.12. The van der Waals surface area contributed by atoms with Gasteiger partial charge in [-0.2, -0.15) is 0 Å². The third-order valence-electron chi connectivity index (χ3n) is 3.66. The molecule has 1 aromatic heterocycles. The number of hydrogen-bond donors (Lipinski definition) is 1. The van der Waals surface area contributed by atoms with Crippen molar-refractivity contribution >= 4 is 35.1 Å². The summed E-state index contributed by atoms with van der Waals surface area (Å²) in [6.45, 7) is 0.367. The van der Waals surface area contributed by atoms with Crippen molar-refractivity contribution in [1.29, 1.82) is 0 Å². The van der Waals surface area contributed by atoms with Gasteiger partial charge in [0, 0.05) is 26.0 Å². The Hall–Kier alpha value is -2.93. The second-order valence-corrected chi connectivity index (χ2v) is 5.88. The number of methoxy groups -OCH3 is 1. The van der Waals surface area contributed by atoms with Gasteiger partial charge >= 0.3 is 17.8 Å². The zero-order chi connectivity index (χ0) is 19.1. The van der Waals surface area contributed by atoms with Gasteiger partial charge in [0.1, 0.15) is 0 Å². The number of amides is 2. The third kappa shape index (κ3) is 5.03. The number of benzene rings is 1. The fourth-order valence-corrected chi connectivity index (χ4v) is 2.33. The number of pyridine rings is 1. The molecule has 2 rings (SSSR count). The number of ether oxygens (including phenoxy) is 1. The molecule has 0 atom stereocenters. The molecule has 1 aromatic carbocycles. The fraction of sp³-hybridized carbons (Fsp3) is 0.222. The monoisotopic (exact) mass is 375 g/mol. The highest BCUT2D eigenvalue weighted by Gasteiger charge is 2.20. The number of nitrogens with zero attached hydrogens (tertiary/aromatic N) is 2. The van der Waals surface area contributed by atoms with E-state index in [1.165, 1.54) is 37.3 Å². The lowest BCUT2D eigenvalue weighted by Gasteiger charge is -2.17. The normalized spacial score (nSPS) is 10.1. The van der Waals surface area contributed by atoms with Crippen LogP contribution in [0, 0.1) is 0 Å². The van der Waals surface area contributed by atoms with Crippen LogP contribution in [0.1, 0.15) is 15.9 Å². The number of esters is 1. The van der Waals surface area contributed by atoms with Gasteiger partial charge in [-0.1, -0.05) is 11.6 Å². The minimum Gasteiger partial charge on any atom is -0.465 e. The summed E-state index contributed by atoms with van der Waals surface area (Å²) in [6.07, 6.45) is 3.93. The molecular formula is C18H18ClN3O4. The van der Waals surface area contributed by atoms with Crippen molar-refractivity contribution in [3.8, 4) is 0 Å². The molecule has 8 heteroatoms. The molecule has 0 unspecified atom stereocenters. The predicted molar refractivity (Wildman–Crippen MR) is 97.0 cm³/mol. The zero-order valence-electron chi connectivity index (χ0n) is 14.4.